The molecule has 0 bridgehead atoms. The summed E-state index contributed by atoms with van der Waals surface area (Å²) in [5.74, 6) is -1.46. The lowest BCUT2D eigenvalue weighted by Gasteiger charge is -2.23. The highest BCUT2D eigenvalue weighted by Crippen LogP contribution is 2.49. The number of aliphatic hydroxyl groups excluding tert-OH is 1. The first kappa shape index (κ1) is 38.7. The summed E-state index contributed by atoms with van der Waals surface area (Å²) >= 11 is 0. The molecule has 3 aromatic heterocycles. The zero-order chi connectivity index (χ0) is 37.7. The Morgan fingerprint density at radius 1 is 0.942 bits per heavy atom. The van der Waals surface area contributed by atoms with Crippen molar-refractivity contribution in [3.05, 3.63) is 83.9 Å². The van der Waals surface area contributed by atoms with Gasteiger partial charge in [-0.3, -0.25) is 47.3 Å². The Morgan fingerprint density at radius 2 is 1.52 bits per heavy atom. The summed E-state index contributed by atoms with van der Waals surface area (Å²) in [5.41, 5.74) is -2.45. The van der Waals surface area contributed by atoms with Crippen molar-refractivity contribution in [2.75, 3.05) is 19.8 Å². The SMILES string of the molecule is Cc1cn([C@H]2C[C@H](OC(=O)CCC(=O)OCCn3cc[n+](C)c3)[C@@H](COP(=O)(O)O[C@H]3C[C@H](n4cc(C)c(=O)[nH]c4=O)O[C@@H]3CO)O2)c(=O)[nH]c1=O. The normalized spacial score (nSPS) is 24.1. The first-order valence-electron chi connectivity index (χ1n) is 16.2. The second-order valence-corrected chi connectivity index (χ2v) is 13.7. The zero-order valence-corrected chi connectivity index (χ0v) is 29.3. The van der Waals surface area contributed by atoms with E-state index in [4.69, 9.17) is 28.0 Å². The van der Waals surface area contributed by atoms with Crippen LogP contribution in [0.4, 0.5) is 0 Å². The summed E-state index contributed by atoms with van der Waals surface area (Å²) in [5, 5.41) is 9.84. The number of rotatable bonds is 15. The van der Waals surface area contributed by atoms with Crippen LogP contribution >= 0.6 is 7.82 Å². The highest BCUT2D eigenvalue weighted by atomic mass is 31.2. The number of aryl methyl sites for hydroxylation is 3. The number of hydrogen-bond acceptors (Lipinski definition) is 14. The van der Waals surface area contributed by atoms with E-state index in [9.17, 15) is 43.3 Å². The Morgan fingerprint density at radius 3 is 2.10 bits per heavy atom. The van der Waals surface area contributed by atoms with E-state index in [0.717, 1.165) is 9.13 Å². The first-order chi connectivity index (χ1) is 24.6. The van der Waals surface area contributed by atoms with Gasteiger partial charge in [-0.15, -0.1) is 0 Å². The number of H-pyrrole nitrogens is 2. The molecule has 0 aliphatic carbocycles. The molecule has 0 spiro atoms. The summed E-state index contributed by atoms with van der Waals surface area (Å²) in [6.45, 7) is 2.06. The summed E-state index contributed by atoms with van der Waals surface area (Å²) in [7, 11) is -3.12. The highest BCUT2D eigenvalue weighted by Gasteiger charge is 2.44. The van der Waals surface area contributed by atoms with Gasteiger partial charge in [-0.1, -0.05) is 0 Å². The molecule has 52 heavy (non-hydrogen) atoms. The van der Waals surface area contributed by atoms with Crippen LogP contribution in [0, 0.1) is 13.8 Å². The van der Waals surface area contributed by atoms with E-state index < -0.39 is 92.3 Å². The number of esters is 2. The van der Waals surface area contributed by atoms with Gasteiger partial charge in [0.2, 0.25) is 6.33 Å². The Bertz CT molecular complexity index is 2050. The number of ether oxygens (including phenoxy) is 4. The molecule has 1 unspecified atom stereocenters. The molecule has 4 N–H and O–H groups in total. The third-order valence-corrected chi connectivity index (χ3v) is 9.39. The number of aromatic amines is 2. The fourth-order valence-electron chi connectivity index (χ4n) is 5.66. The second kappa shape index (κ2) is 16.4. The number of carbonyl (C=O) groups excluding carboxylic acids is 2. The molecule has 5 rings (SSSR count). The highest BCUT2D eigenvalue weighted by molar-refractivity contribution is 7.47. The lowest BCUT2D eigenvalue weighted by atomic mass is 10.2. The average Bonchev–Trinajstić information content (AvgIpc) is 3.80. The van der Waals surface area contributed by atoms with Gasteiger partial charge < -0.3 is 28.9 Å². The van der Waals surface area contributed by atoms with Crippen LogP contribution in [0.3, 0.4) is 0 Å². The smallest absolute Gasteiger partial charge is 0.461 e. The molecule has 5 heterocycles. The van der Waals surface area contributed by atoms with Crippen LogP contribution in [0.1, 0.15) is 49.3 Å². The van der Waals surface area contributed by atoms with Gasteiger partial charge in [-0.2, -0.15) is 0 Å². The van der Waals surface area contributed by atoms with E-state index in [-0.39, 0.29) is 43.4 Å². The van der Waals surface area contributed by atoms with Gasteiger partial charge in [-0.25, -0.2) is 23.3 Å². The molecule has 0 saturated carbocycles. The lowest BCUT2D eigenvalue weighted by molar-refractivity contribution is -0.671. The van der Waals surface area contributed by atoms with Crippen molar-refractivity contribution in [3.8, 4) is 0 Å². The number of hydrogen-bond donors (Lipinski definition) is 4. The van der Waals surface area contributed by atoms with E-state index in [1.165, 1.54) is 26.2 Å². The van der Waals surface area contributed by atoms with Crippen LogP contribution < -0.4 is 27.1 Å². The Kier molecular flexibility index (Phi) is 12.2. The standard InChI is InChI=1S/C30H39N6O15P/c1-17-12-35(29(42)31-27(17)40)23-10-19(50-26(39)5-4-25(38)46-9-8-34-7-6-33(3)16-34)22(49-23)15-47-52(44,45)51-20-11-24(48-21(20)14-37)36-13-18(2)28(41)32-30(36)43/h6-7,12-13,16,19-24,37H,4-5,8-11,14-15H2,1-3H3,(H2-,31,32,40,41,42,43,44,45)/p+1/t19-,20-,21+,22+,23+,24+/m0/s1. The minimum atomic E-state index is -4.96. The van der Waals surface area contributed by atoms with Crippen molar-refractivity contribution in [3.63, 3.8) is 0 Å². The predicted octanol–water partition coefficient (Wildman–Crippen LogP) is -1.67. The molecule has 0 aromatic carbocycles. The van der Waals surface area contributed by atoms with E-state index in [1.54, 1.807) is 12.5 Å². The van der Waals surface area contributed by atoms with Gasteiger partial charge in [0.1, 0.15) is 62.4 Å². The van der Waals surface area contributed by atoms with Gasteiger partial charge in [-0.05, 0) is 13.8 Å². The molecule has 3 aromatic rings. The Balaban J connectivity index is 1.21. The van der Waals surface area contributed by atoms with E-state index >= 15 is 0 Å². The number of imidazole rings is 1. The molecule has 2 aliphatic rings. The van der Waals surface area contributed by atoms with Crippen LogP contribution in [0.25, 0.3) is 0 Å². The maximum atomic E-state index is 13.1. The monoisotopic (exact) mass is 755 g/mol. The second-order valence-electron chi connectivity index (χ2n) is 12.3. The number of phosphoric ester groups is 1. The van der Waals surface area contributed by atoms with Crippen LogP contribution in [0.15, 0.2) is 50.3 Å². The molecule has 21 nitrogen and oxygen atoms in total. The van der Waals surface area contributed by atoms with Crippen molar-refractivity contribution in [1.82, 2.24) is 23.7 Å². The number of nitrogens with zero attached hydrogens (tertiary/aromatic N) is 4. The topological polar surface area (TPSA) is 266 Å². The Labute approximate surface area is 293 Å². The maximum Gasteiger partial charge on any atom is 0.472 e. The van der Waals surface area contributed by atoms with Crippen LogP contribution in [-0.4, -0.2) is 89.8 Å². The third kappa shape index (κ3) is 9.68. The molecule has 0 amide bonds. The van der Waals surface area contributed by atoms with Crippen LogP contribution in [-0.2, 0) is 55.7 Å². The molecular weight excluding hydrogens is 715 g/mol. The molecule has 2 saturated heterocycles. The zero-order valence-electron chi connectivity index (χ0n) is 28.4. The summed E-state index contributed by atoms with van der Waals surface area (Å²) in [6, 6.07) is 0. The van der Waals surface area contributed by atoms with Crippen molar-refractivity contribution >= 4 is 19.8 Å². The van der Waals surface area contributed by atoms with Gasteiger partial charge in [0.15, 0.2) is 0 Å². The van der Waals surface area contributed by atoms with Gasteiger partial charge in [0.05, 0.1) is 33.1 Å². The quantitative estimate of drug-likeness (QED) is 0.0768. The molecular formula is C30H40N6O15P+. The van der Waals surface area contributed by atoms with Gasteiger partial charge >= 0.3 is 31.1 Å². The molecule has 0 radical (unpaired) electrons. The van der Waals surface area contributed by atoms with Crippen molar-refractivity contribution in [1.29, 1.82) is 0 Å². The van der Waals surface area contributed by atoms with E-state index in [2.05, 4.69) is 9.97 Å². The molecule has 2 fully saturated rings. The summed E-state index contributed by atoms with van der Waals surface area (Å²) in [4.78, 5) is 88.6. The third-order valence-electron chi connectivity index (χ3n) is 8.38. The van der Waals surface area contributed by atoms with E-state index in [1.807, 2.05) is 22.4 Å². The van der Waals surface area contributed by atoms with Crippen molar-refractivity contribution < 1.29 is 56.7 Å². The van der Waals surface area contributed by atoms with E-state index in [0.29, 0.717) is 6.54 Å². The molecule has 22 heteroatoms. The number of aromatic nitrogens is 6. The number of aliphatic hydroxyl groups is 1. The van der Waals surface area contributed by atoms with Crippen LogP contribution in [0.5, 0.6) is 0 Å². The molecule has 7 atom stereocenters. The minimum absolute atomic E-state index is 0.0781. The largest absolute Gasteiger partial charge is 0.472 e. The molecule has 2 aliphatic heterocycles. The summed E-state index contributed by atoms with van der Waals surface area (Å²) in [6.07, 6.45) is -0.0235. The minimum Gasteiger partial charge on any atom is -0.461 e. The fourth-order valence-corrected chi connectivity index (χ4v) is 6.62. The number of nitrogens with one attached hydrogen (secondary N) is 2. The maximum absolute atomic E-state index is 13.1. The predicted molar refractivity (Wildman–Crippen MR) is 173 cm³/mol. The average molecular weight is 756 g/mol. The number of phosphoric acid groups is 1. The van der Waals surface area contributed by atoms with Gasteiger partial charge in [0, 0.05) is 36.4 Å². The van der Waals surface area contributed by atoms with Gasteiger partial charge in [0.25, 0.3) is 11.1 Å². The number of carbonyl (C=O) groups is 2. The Hall–Kier alpha value is -4.50. The van der Waals surface area contributed by atoms with Crippen molar-refractivity contribution in [2.45, 2.75) is 82.9 Å². The molecule has 284 valence electrons. The lowest BCUT2D eigenvalue weighted by Crippen LogP contribution is -2.33. The fraction of sp³-hybridized carbons (Fsp3) is 0.567. The van der Waals surface area contributed by atoms with Crippen LogP contribution in [0.2, 0.25) is 0 Å². The first-order valence-corrected chi connectivity index (χ1v) is 17.7. The van der Waals surface area contributed by atoms with Crippen molar-refractivity contribution in [2.24, 2.45) is 7.05 Å². The summed E-state index contributed by atoms with van der Waals surface area (Å²) < 4.78 is 51.7.